The number of thioether (sulfide) groups is 1. The second kappa shape index (κ2) is 4.49. The molecule has 0 unspecified atom stereocenters. The molecule has 1 heterocycles. The molecule has 0 aliphatic carbocycles. The molecule has 0 saturated heterocycles. The number of para-hydroxylation sites is 1. The fourth-order valence-electron chi connectivity index (χ4n) is 1.16. The zero-order valence-corrected chi connectivity index (χ0v) is 8.86. The van der Waals surface area contributed by atoms with Crippen molar-refractivity contribution in [3.05, 3.63) is 36.4 Å². The topological polar surface area (TPSA) is 12.9 Å². The van der Waals surface area contributed by atoms with Gasteiger partial charge in [-0.2, -0.15) is 0 Å². The van der Waals surface area contributed by atoms with Crippen molar-refractivity contribution in [3.8, 4) is 0 Å². The summed E-state index contributed by atoms with van der Waals surface area (Å²) in [5.74, 6) is 0. The molecule has 1 aromatic carbocycles. The Hall–Kier alpha value is -0.730. The molecule has 0 spiro atoms. The number of fused-ring (bicyclic) bond motifs is 1. The molecular weight excluding hydrogens is 202 g/mol. The van der Waals surface area contributed by atoms with E-state index in [4.69, 9.17) is 0 Å². The molecule has 68 valence electrons. The fraction of sp³-hybridized carbons (Fsp3) is 0.100. The Morgan fingerprint density at radius 2 is 1.85 bits per heavy atom. The van der Waals surface area contributed by atoms with Crippen LogP contribution in [-0.4, -0.2) is 11.2 Å². The number of halogens is 1. The lowest BCUT2D eigenvalue weighted by Gasteiger charge is -1.98. The molecule has 0 saturated carbocycles. The van der Waals surface area contributed by atoms with E-state index in [1.54, 1.807) is 11.8 Å². The highest BCUT2D eigenvalue weighted by molar-refractivity contribution is 7.98. The lowest BCUT2D eigenvalue weighted by molar-refractivity contribution is 1.19. The summed E-state index contributed by atoms with van der Waals surface area (Å²) in [6.07, 6.45) is 2.04. The Morgan fingerprint density at radius 3 is 2.62 bits per heavy atom. The molecule has 0 fully saturated rings. The van der Waals surface area contributed by atoms with Gasteiger partial charge in [0.1, 0.15) is 0 Å². The number of pyridine rings is 1. The van der Waals surface area contributed by atoms with Gasteiger partial charge in [0.05, 0.1) is 10.5 Å². The zero-order valence-electron chi connectivity index (χ0n) is 7.23. The van der Waals surface area contributed by atoms with Gasteiger partial charge in [-0.1, -0.05) is 24.3 Å². The first-order chi connectivity index (χ1) is 5.90. The lowest BCUT2D eigenvalue weighted by atomic mass is 10.2. The first kappa shape index (κ1) is 10.4. The highest BCUT2D eigenvalue weighted by Gasteiger charge is 1.94. The summed E-state index contributed by atoms with van der Waals surface area (Å²) in [7, 11) is 0. The van der Waals surface area contributed by atoms with E-state index in [-0.39, 0.29) is 12.4 Å². The van der Waals surface area contributed by atoms with Crippen molar-refractivity contribution >= 4 is 35.1 Å². The van der Waals surface area contributed by atoms with Gasteiger partial charge in [-0.25, -0.2) is 4.98 Å². The van der Waals surface area contributed by atoms with Crippen LogP contribution in [0.2, 0.25) is 0 Å². The molecule has 0 N–H and O–H groups in total. The number of hydrogen-bond acceptors (Lipinski definition) is 2. The first-order valence-electron chi connectivity index (χ1n) is 3.80. The van der Waals surface area contributed by atoms with Gasteiger partial charge in [0.2, 0.25) is 0 Å². The van der Waals surface area contributed by atoms with Crippen LogP contribution in [0, 0.1) is 0 Å². The molecule has 2 rings (SSSR count). The van der Waals surface area contributed by atoms with E-state index in [0.717, 1.165) is 10.5 Å². The number of benzene rings is 1. The van der Waals surface area contributed by atoms with Gasteiger partial charge in [0.15, 0.2) is 0 Å². The highest BCUT2D eigenvalue weighted by Crippen LogP contribution is 2.16. The van der Waals surface area contributed by atoms with Gasteiger partial charge in [-0.3, -0.25) is 0 Å². The molecule has 0 radical (unpaired) electrons. The van der Waals surface area contributed by atoms with Crippen LogP contribution in [0.25, 0.3) is 10.9 Å². The molecule has 2 aromatic rings. The molecular formula is C10H10ClNS. The Morgan fingerprint density at radius 1 is 1.08 bits per heavy atom. The third-order valence-corrected chi connectivity index (χ3v) is 2.43. The number of rotatable bonds is 1. The maximum absolute atomic E-state index is 4.46. The van der Waals surface area contributed by atoms with Gasteiger partial charge in [-0.15, -0.1) is 24.2 Å². The van der Waals surface area contributed by atoms with Gasteiger partial charge >= 0.3 is 0 Å². The average Bonchev–Trinajstić information content (AvgIpc) is 2.17. The van der Waals surface area contributed by atoms with E-state index in [0.29, 0.717) is 0 Å². The second-order valence-electron chi connectivity index (χ2n) is 2.55. The summed E-state index contributed by atoms with van der Waals surface area (Å²) >= 11 is 1.67. The number of aromatic nitrogens is 1. The fourth-order valence-corrected chi connectivity index (χ4v) is 1.55. The smallest absolute Gasteiger partial charge is 0.0964 e. The van der Waals surface area contributed by atoms with Crippen LogP contribution in [0.5, 0.6) is 0 Å². The van der Waals surface area contributed by atoms with Crippen LogP contribution in [0.4, 0.5) is 0 Å². The van der Waals surface area contributed by atoms with Crippen LogP contribution >= 0.6 is 24.2 Å². The summed E-state index contributed by atoms with van der Waals surface area (Å²) in [5, 5.41) is 2.28. The minimum Gasteiger partial charge on any atom is -0.242 e. The molecule has 0 atom stereocenters. The van der Waals surface area contributed by atoms with E-state index in [1.807, 2.05) is 30.5 Å². The molecule has 3 heteroatoms. The summed E-state index contributed by atoms with van der Waals surface area (Å²) < 4.78 is 0. The zero-order chi connectivity index (χ0) is 8.39. The first-order valence-corrected chi connectivity index (χ1v) is 5.02. The van der Waals surface area contributed by atoms with Crippen molar-refractivity contribution in [3.63, 3.8) is 0 Å². The molecule has 0 amide bonds. The van der Waals surface area contributed by atoms with E-state index >= 15 is 0 Å². The van der Waals surface area contributed by atoms with Crippen LogP contribution in [0.3, 0.4) is 0 Å². The molecule has 0 bridgehead atoms. The van der Waals surface area contributed by atoms with E-state index < -0.39 is 0 Å². The molecule has 0 aliphatic rings. The summed E-state index contributed by atoms with van der Waals surface area (Å²) in [5.41, 5.74) is 1.07. The standard InChI is InChI=1S/C10H9NS.ClH/c1-12-10-7-6-8-4-2-3-5-9(8)11-10;/h2-7H,1H3;1H. The average molecular weight is 212 g/mol. The van der Waals surface area contributed by atoms with Gasteiger partial charge < -0.3 is 0 Å². The Labute approximate surface area is 88.0 Å². The summed E-state index contributed by atoms with van der Waals surface area (Å²) in [4.78, 5) is 4.46. The molecule has 13 heavy (non-hydrogen) atoms. The van der Waals surface area contributed by atoms with Crippen LogP contribution < -0.4 is 0 Å². The largest absolute Gasteiger partial charge is 0.242 e. The van der Waals surface area contributed by atoms with Crippen LogP contribution in [0.15, 0.2) is 41.4 Å². The van der Waals surface area contributed by atoms with Crippen molar-refractivity contribution in [2.75, 3.05) is 6.26 Å². The highest BCUT2D eigenvalue weighted by atomic mass is 35.5. The number of nitrogens with zero attached hydrogens (tertiary/aromatic N) is 1. The Balaban J connectivity index is 0.000000845. The Kier molecular flexibility index (Phi) is 3.58. The van der Waals surface area contributed by atoms with Crippen molar-refractivity contribution in [1.29, 1.82) is 0 Å². The molecule has 0 aliphatic heterocycles. The quantitative estimate of drug-likeness (QED) is 0.671. The second-order valence-corrected chi connectivity index (χ2v) is 3.37. The third kappa shape index (κ3) is 2.14. The third-order valence-electron chi connectivity index (χ3n) is 1.78. The van der Waals surface area contributed by atoms with Crippen LogP contribution in [-0.2, 0) is 0 Å². The minimum absolute atomic E-state index is 0. The Bertz CT molecular complexity index is 403. The van der Waals surface area contributed by atoms with E-state index in [9.17, 15) is 0 Å². The molecule has 1 nitrogen and oxygen atoms in total. The normalized spacial score (nSPS) is 9.62. The van der Waals surface area contributed by atoms with Crippen molar-refractivity contribution in [1.82, 2.24) is 4.98 Å². The maximum Gasteiger partial charge on any atom is 0.0964 e. The SMILES string of the molecule is CSc1ccc2ccccc2n1.Cl. The van der Waals surface area contributed by atoms with Crippen molar-refractivity contribution < 1.29 is 0 Å². The monoisotopic (exact) mass is 211 g/mol. The van der Waals surface area contributed by atoms with Gasteiger partial charge in [-0.05, 0) is 18.4 Å². The van der Waals surface area contributed by atoms with Gasteiger partial charge in [0, 0.05) is 5.39 Å². The van der Waals surface area contributed by atoms with Gasteiger partial charge in [0.25, 0.3) is 0 Å². The molecule has 1 aromatic heterocycles. The predicted octanol–water partition coefficient (Wildman–Crippen LogP) is 3.38. The van der Waals surface area contributed by atoms with E-state index in [1.165, 1.54) is 5.39 Å². The van der Waals surface area contributed by atoms with Crippen LogP contribution in [0.1, 0.15) is 0 Å². The lowest BCUT2D eigenvalue weighted by Crippen LogP contribution is -1.80. The summed E-state index contributed by atoms with van der Waals surface area (Å²) in [6.45, 7) is 0. The van der Waals surface area contributed by atoms with E-state index in [2.05, 4.69) is 17.1 Å². The predicted molar refractivity (Wildman–Crippen MR) is 60.8 cm³/mol. The maximum atomic E-state index is 4.46. The number of hydrogen-bond donors (Lipinski definition) is 0. The summed E-state index contributed by atoms with van der Waals surface area (Å²) in [6, 6.07) is 12.3. The van der Waals surface area contributed by atoms with Crippen molar-refractivity contribution in [2.45, 2.75) is 5.03 Å². The van der Waals surface area contributed by atoms with Crippen molar-refractivity contribution in [2.24, 2.45) is 0 Å². The minimum atomic E-state index is 0.